The van der Waals surface area contributed by atoms with Gasteiger partial charge in [-0.05, 0) is 73.2 Å². The predicted molar refractivity (Wildman–Crippen MR) is 161 cm³/mol. The highest BCUT2D eigenvalue weighted by molar-refractivity contribution is 6.33. The van der Waals surface area contributed by atoms with Crippen molar-refractivity contribution >= 4 is 29.0 Å². The SMILES string of the molecule is Cn1c(C(F)(F)F)cc(=O)n(-c2ccc(Cl)c(C3(C(=O)C4(c5cc(-n6c(=O)cc(C(F)(F)F)n(C)c6=O)ccc5Cl)CC4)CC3)c2)c1=O. The molecule has 17 heteroatoms. The molecule has 2 aromatic heterocycles. The summed E-state index contributed by atoms with van der Waals surface area (Å²) in [6.45, 7) is 0. The molecule has 0 saturated heterocycles. The minimum Gasteiger partial charge on any atom is -0.298 e. The number of nitrogens with zero attached hydrogens (tertiary/aromatic N) is 4. The summed E-state index contributed by atoms with van der Waals surface area (Å²) < 4.78 is 82.0. The van der Waals surface area contributed by atoms with E-state index >= 15 is 0 Å². The Morgan fingerprint density at radius 1 is 0.625 bits per heavy atom. The van der Waals surface area contributed by atoms with Crippen LogP contribution in [0.2, 0.25) is 10.0 Å². The number of aromatic nitrogens is 4. The van der Waals surface area contributed by atoms with Crippen molar-refractivity contribution in [1.82, 2.24) is 18.3 Å². The molecule has 2 aliphatic carbocycles. The van der Waals surface area contributed by atoms with E-state index in [0.717, 1.165) is 14.1 Å². The number of carbonyl (C=O) groups excluding carboxylic acids is 1. The molecule has 6 rings (SSSR count). The third kappa shape index (κ3) is 5.14. The van der Waals surface area contributed by atoms with E-state index in [2.05, 4.69) is 0 Å². The second-order valence-electron chi connectivity index (χ2n) is 11.9. The minimum atomic E-state index is -4.97. The first kappa shape index (κ1) is 33.5. The van der Waals surface area contributed by atoms with Gasteiger partial charge in [-0.3, -0.25) is 23.5 Å². The Labute approximate surface area is 275 Å². The Hall–Kier alpha value is -4.37. The Kier molecular flexibility index (Phi) is 7.56. The van der Waals surface area contributed by atoms with Gasteiger partial charge in [-0.15, -0.1) is 0 Å². The topological polar surface area (TPSA) is 105 Å². The summed E-state index contributed by atoms with van der Waals surface area (Å²) in [7, 11) is 1.74. The Bertz CT molecular complexity index is 2130. The molecule has 0 amide bonds. The Morgan fingerprint density at radius 2 is 0.958 bits per heavy atom. The smallest absolute Gasteiger partial charge is 0.298 e. The predicted octanol–water partition coefficient (Wildman–Crippen LogP) is 5.06. The maximum Gasteiger partial charge on any atom is 0.431 e. The Morgan fingerprint density at radius 3 is 1.25 bits per heavy atom. The maximum absolute atomic E-state index is 14.5. The zero-order valence-electron chi connectivity index (χ0n) is 24.8. The quantitative estimate of drug-likeness (QED) is 0.260. The lowest BCUT2D eigenvalue weighted by atomic mass is 9.78. The fourth-order valence-electron chi connectivity index (χ4n) is 6.25. The second kappa shape index (κ2) is 10.8. The summed E-state index contributed by atoms with van der Waals surface area (Å²) in [6, 6.07) is 8.36. The van der Waals surface area contributed by atoms with Crippen LogP contribution in [0.1, 0.15) is 48.2 Å². The van der Waals surface area contributed by atoms with Gasteiger partial charge in [-0.2, -0.15) is 26.3 Å². The third-order valence-corrected chi connectivity index (χ3v) is 9.70. The minimum absolute atomic E-state index is 0.0943. The van der Waals surface area contributed by atoms with Crippen molar-refractivity contribution in [3.63, 3.8) is 0 Å². The van der Waals surface area contributed by atoms with Gasteiger partial charge in [0.05, 0.1) is 22.2 Å². The first-order chi connectivity index (χ1) is 22.2. The lowest BCUT2D eigenvalue weighted by Crippen LogP contribution is -2.41. The lowest BCUT2D eigenvalue weighted by Gasteiger charge is -2.25. The van der Waals surface area contributed by atoms with Crippen LogP contribution in [-0.4, -0.2) is 24.1 Å². The van der Waals surface area contributed by atoms with E-state index < -0.39 is 57.1 Å². The average Bonchev–Trinajstić information content (AvgIpc) is 3.93. The number of hydrogen-bond donors (Lipinski definition) is 0. The molecule has 0 N–H and O–H groups in total. The van der Waals surface area contributed by atoms with Crippen molar-refractivity contribution in [3.05, 3.63) is 123 Å². The highest BCUT2D eigenvalue weighted by Crippen LogP contribution is 2.62. The molecule has 0 radical (unpaired) electrons. The number of halogens is 8. The van der Waals surface area contributed by atoms with Crippen LogP contribution in [0.15, 0.2) is 67.7 Å². The van der Waals surface area contributed by atoms with Gasteiger partial charge < -0.3 is 0 Å². The van der Waals surface area contributed by atoms with Gasteiger partial charge in [0.15, 0.2) is 5.78 Å². The van der Waals surface area contributed by atoms with Crippen LogP contribution >= 0.6 is 23.2 Å². The molecule has 2 fully saturated rings. The monoisotopic (exact) mass is 714 g/mol. The summed E-state index contributed by atoms with van der Waals surface area (Å²) >= 11 is 13.1. The Balaban J connectivity index is 1.43. The molecule has 0 aliphatic heterocycles. The van der Waals surface area contributed by atoms with Crippen molar-refractivity contribution in [2.24, 2.45) is 14.1 Å². The van der Waals surface area contributed by atoms with Gasteiger partial charge >= 0.3 is 23.7 Å². The molecule has 2 heterocycles. The number of carbonyl (C=O) groups is 1. The van der Waals surface area contributed by atoms with Crippen LogP contribution in [0, 0.1) is 0 Å². The van der Waals surface area contributed by atoms with Crippen molar-refractivity contribution in [2.45, 2.75) is 48.9 Å². The van der Waals surface area contributed by atoms with Gasteiger partial charge in [-0.25, -0.2) is 18.7 Å². The second-order valence-corrected chi connectivity index (χ2v) is 12.7. The van der Waals surface area contributed by atoms with Gasteiger partial charge in [0, 0.05) is 36.3 Å². The lowest BCUT2D eigenvalue weighted by molar-refractivity contribution is -0.144. The van der Waals surface area contributed by atoms with E-state index in [-0.39, 0.29) is 85.3 Å². The fourth-order valence-corrected chi connectivity index (χ4v) is 6.85. The number of alkyl halides is 6. The van der Waals surface area contributed by atoms with E-state index in [9.17, 15) is 50.3 Å². The molecule has 2 saturated carbocycles. The summed E-state index contributed by atoms with van der Waals surface area (Å²) in [5.41, 5.74) is -10.2. The van der Waals surface area contributed by atoms with Crippen molar-refractivity contribution in [1.29, 1.82) is 0 Å². The molecule has 252 valence electrons. The fraction of sp³-hybridized carbons (Fsp3) is 0.323. The van der Waals surface area contributed by atoms with Crippen molar-refractivity contribution in [2.75, 3.05) is 0 Å². The van der Waals surface area contributed by atoms with Gasteiger partial charge in [-0.1, -0.05) is 23.2 Å². The summed E-state index contributed by atoms with van der Waals surface area (Å²) in [6.07, 6.45) is -8.79. The van der Waals surface area contributed by atoms with E-state index in [0.29, 0.717) is 9.13 Å². The summed E-state index contributed by atoms with van der Waals surface area (Å²) in [5.74, 6) is -0.353. The molecule has 0 bridgehead atoms. The van der Waals surface area contributed by atoms with Gasteiger partial charge in [0.2, 0.25) is 0 Å². The number of benzene rings is 2. The highest BCUT2D eigenvalue weighted by Gasteiger charge is 2.64. The van der Waals surface area contributed by atoms with Crippen LogP contribution in [0.4, 0.5) is 26.3 Å². The summed E-state index contributed by atoms with van der Waals surface area (Å²) in [4.78, 5) is 65.9. The van der Waals surface area contributed by atoms with E-state index in [4.69, 9.17) is 23.2 Å². The molecule has 0 unspecified atom stereocenters. The zero-order chi connectivity index (χ0) is 35.3. The van der Waals surface area contributed by atoms with Crippen LogP contribution in [0.25, 0.3) is 11.4 Å². The molecule has 2 aliphatic rings. The van der Waals surface area contributed by atoms with Gasteiger partial charge in [0.1, 0.15) is 11.4 Å². The van der Waals surface area contributed by atoms with Crippen LogP contribution in [-0.2, 0) is 42.1 Å². The van der Waals surface area contributed by atoms with Crippen molar-refractivity contribution in [3.8, 4) is 11.4 Å². The highest BCUT2D eigenvalue weighted by atomic mass is 35.5. The van der Waals surface area contributed by atoms with Crippen LogP contribution < -0.4 is 22.5 Å². The largest absolute Gasteiger partial charge is 0.431 e. The standard InChI is InChI=1S/C31H22Cl2F6N4O5/c1-40-21(30(34,35)36)13-23(44)42(26(40)47)15-3-5-19(32)17(11-15)28(7-8-28)25(46)29(9-10-29)18-12-16(4-6-20(18)33)43-24(45)14-22(31(37,38)39)41(2)27(43)48/h3-6,11-14H,7-10H2,1-2H3. The molecular weight excluding hydrogens is 693 g/mol. The van der Waals surface area contributed by atoms with E-state index in [1.54, 1.807) is 0 Å². The molecule has 0 spiro atoms. The number of hydrogen-bond acceptors (Lipinski definition) is 5. The number of rotatable bonds is 6. The normalized spacial score (nSPS) is 16.5. The van der Waals surface area contributed by atoms with E-state index in [1.807, 2.05) is 0 Å². The first-order valence-electron chi connectivity index (χ1n) is 14.2. The first-order valence-corrected chi connectivity index (χ1v) is 15.0. The third-order valence-electron chi connectivity index (χ3n) is 9.04. The molecule has 9 nitrogen and oxygen atoms in total. The zero-order valence-corrected chi connectivity index (χ0v) is 26.3. The molecule has 48 heavy (non-hydrogen) atoms. The molecule has 4 aromatic rings. The average molecular weight is 715 g/mol. The van der Waals surface area contributed by atoms with E-state index in [1.165, 1.54) is 36.4 Å². The van der Waals surface area contributed by atoms with Crippen LogP contribution in [0.3, 0.4) is 0 Å². The summed E-state index contributed by atoms with van der Waals surface area (Å²) in [5, 5.41) is 0.189. The molecule has 2 aromatic carbocycles. The van der Waals surface area contributed by atoms with Crippen molar-refractivity contribution < 1.29 is 31.1 Å². The van der Waals surface area contributed by atoms with Gasteiger partial charge in [0.25, 0.3) is 11.1 Å². The maximum atomic E-state index is 14.5. The molecule has 0 atom stereocenters. The number of ketones is 1. The molecular formula is C31H22Cl2F6N4O5. The number of Topliss-reactive ketones (excluding diaryl/α,β-unsaturated/α-hetero) is 1. The van der Waals surface area contributed by atoms with Crippen LogP contribution in [0.5, 0.6) is 0 Å².